The Labute approximate surface area is 192 Å². The number of halogens is 1. The van der Waals surface area contributed by atoms with Crippen LogP contribution in [0.4, 0.5) is 10.2 Å². The standard InChI is InChI=1S/C27H27FN4O/c1-2-32-14-20-13-27(20,15-32)19-6-3-16(4-7-19)22-12-23(25(29)31-24(22)28)17-5-8-21-18(11-17)9-10-30-26(21)33/h3-8,11-12,20H,2,9-10,13-15H2,1H3,(H2,29,31)(H,30,33)/t20-,27+/m1/s1. The van der Waals surface area contributed by atoms with Crippen molar-refractivity contribution in [3.8, 4) is 22.3 Å². The summed E-state index contributed by atoms with van der Waals surface area (Å²) in [5.74, 6) is 0.270. The first-order valence-electron chi connectivity index (χ1n) is 11.7. The zero-order chi connectivity index (χ0) is 22.7. The molecule has 2 fully saturated rings. The molecule has 1 amide bonds. The Morgan fingerprint density at radius 1 is 1.12 bits per heavy atom. The van der Waals surface area contributed by atoms with Crippen molar-refractivity contribution in [3.63, 3.8) is 0 Å². The van der Waals surface area contributed by atoms with Crippen molar-refractivity contribution in [2.45, 2.75) is 25.2 Å². The minimum atomic E-state index is -0.568. The number of rotatable bonds is 4. The molecule has 2 atom stereocenters. The van der Waals surface area contributed by atoms with Crippen LogP contribution in [-0.2, 0) is 11.8 Å². The van der Waals surface area contributed by atoms with Gasteiger partial charge in [-0.15, -0.1) is 0 Å². The predicted octanol–water partition coefficient (Wildman–Crippen LogP) is 4.02. The van der Waals surface area contributed by atoms with Gasteiger partial charge in [0.2, 0.25) is 5.95 Å². The third kappa shape index (κ3) is 3.23. The summed E-state index contributed by atoms with van der Waals surface area (Å²) in [5, 5.41) is 2.85. The van der Waals surface area contributed by atoms with E-state index in [4.69, 9.17) is 5.73 Å². The van der Waals surface area contributed by atoms with Gasteiger partial charge in [0.1, 0.15) is 5.82 Å². The van der Waals surface area contributed by atoms with Gasteiger partial charge >= 0.3 is 0 Å². The number of fused-ring (bicyclic) bond motifs is 2. The number of nitrogens with zero attached hydrogens (tertiary/aromatic N) is 2. The first-order chi connectivity index (χ1) is 16.0. The van der Waals surface area contributed by atoms with E-state index in [0.29, 0.717) is 23.2 Å². The van der Waals surface area contributed by atoms with E-state index in [1.807, 2.05) is 30.3 Å². The molecule has 2 aromatic carbocycles. The summed E-state index contributed by atoms with van der Waals surface area (Å²) in [7, 11) is 0. The van der Waals surface area contributed by atoms with E-state index in [-0.39, 0.29) is 17.1 Å². The molecule has 0 spiro atoms. The van der Waals surface area contributed by atoms with E-state index in [9.17, 15) is 9.18 Å². The number of piperidine rings is 1. The maximum Gasteiger partial charge on any atom is 0.251 e. The molecule has 0 radical (unpaired) electrons. The number of carbonyl (C=O) groups excluding carboxylic acids is 1. The fourth-order valence-electron chi connectivity index (χ4n) is 5.79. The molecule has 0 bridgehead atoms. The van der Waals surface area contributed by atoms with Crippen molar-refractivity contribution in [2.24, 2.45) is 5.92 Å². The maximum atomic E-state index is 14.9. The van der Waals surface area contributed by atoms with Gasteiger partial charge < -0.3 is 16.0 Å². The van der Waals surface area contributed by atoms with Crippen LogP contribution in [0.1, 0.15) is 34.8 Å². The highest BCUT2D eigenvalue weighted by Gasteiger charge is 2.60. The predicted molar refractivity (Wildman–Crippen MR) is 127 cm³/mol. The van der Waals surface area contributed by atoms with Crippen molar-refractivity contribution in [1.29, 1.82) is 0 Å². The Bertz CT molecular complexity index is 1270. The van der Waals surface area contributed by atoms with Crippen LogP contribution in [-0.4, -0.2) is 42.0 Å². The Kier molecular flexibility index (Phi) is 4.56. The van der Waals surface area contributed by atoms with Crippen molar-refractivity contribution in [1.82, 2.24) is 15.2 Å². The maximum absolute atomic E-state index is 14.9. The number of likely N-dealkylation sites (tertiary alicyclic amines) is 1. The molecule has 1 saturated heterocycles. The fraction of sp³-hybridized carbons (Fsp3) is 0.333. The lowest BCUT2D eigenvalue weighted by atomic mass is 9.92. The topological polar surface area (TPSA) is 71.2 Å². The van der Waals surface area contributed by atoms with Gasteiger partial charge in [-0.05, 0) is 59.7 Å². The lowest BCUT2D eigenvalue weighted by molar-refractivity contribution is 0.0946. The molecule has 6 heteroatoms. The zero-order valence-corrected chi connectivity index (χ0v) is 18.7. The van der Waals surface area contributed by atoms with Gasteiger partial charge in [0, 0.05) is 41.7 Å². The first-order valence-corrected chi connectivity index (χ1v) is 11.7. The Morgan fingerprint density at radius 3 is 2.67 bits per heavy atom. The summed E-state index contributed by atoms with van der Waals surface area (Å²) in [6.07, 6.45) is 2.01. The van der Waals surface area contributed by atoms with Crippen LogP contribution in [0.25, 0.3) is 22.3 Å². The second kappa shape index (κ2) is 7.39. The lowest BCUT2D eigenvalue weighted by Gasteiger charge is -2.19. The highest BCUT2D eigenvalue weighted by atomic mass is 19.1. The van der Waals surface area contributed by atoms with Crippen LogP contribution in [0.15, 0.2) is 48.5 Å². The zero-order valence-electron chi connectivity index (χ0n) is 18.7. The van der Waals surface area contributed by atoms with Crippen LogP contribution < -0.4 is 11.1 Å². The number of nitrogen functional groups attached to an aromatic ring is 1. The summed E-state index contributed by atoms with van der Waals surface area (Å²) in [4.78, 5) is 18.6. The largest absolute Gasteiger partial charge is 0.383 e. The van der Waals surface area contributed by atoms with Crippen molar-refractivity contribution < 1.29 is 9.18 Å². The highest BCUT2D eigenvalue weighted by molar-refractivity contribution is 5.97. The number of hydrogen-bond acceptors (Lipinski definition) is 4. The number of hydrogen-bond donors (Lipinski definition) is 2. The average Bonchev–Trinajstić information content (AvgIpc) is 3.40. The molecular formula is C27H27FN4O. The van der Waals surface area contributed by atoms with E-state index in [2.05, 4.69) is 34.3 Å². The molecule has 5 nitrogen and oxygen atoms in total. The molecule has 2 aliphatic heterocycles. The Hall–Kier alpha value is -3.25. The minimum absolute atomic E-state index is 0.0597. The van der Waals surface area contributed by atoms with Crippen LogP contribution in [0.2, 0.25) is 0 Å². The van der Waals surface area contributed by atoms with Gasteiger partial charge in [0.25, 0.3) is 5.91 Å². The number of pyridine rings is 1. The third-order valence-corrected chi connectivity index (χ3v) is 7.78. The van der Waals surface area contributed by atoms with E-state index in [0.717, 1.165) is 42.1 Å². The number of anilines is 1. The van der Waals surface area contributed by atoms with Gasteiger partial charge in [-0.25, -0.2) is 4.98 Å². The van der Waals surface area contributed by atoms with Crippen LogP contribution in [0.5, 0.6) is 0 Å². The van der Waals surface area contributed by atoms with Gasteiger partial charge in [-0.3, -0.25) is 4.79 Å². The summed E-state index contributed by atoms with van der Waals surface area (Å²) in [6, 6.07) is 15.7. The van der Waals surface area contributed by atoms with Crippen molar-refractivity contribution >= 4 is 11.7 Å². The van der Waals surface area contributed by atoms with Crippen molar-refractivity contribution in [2.75, 3.05) is 31.9 Å². The molecule has 1 aliphatic carbocycles. The average molecular weight is 443 g/mol. The second-order valence-electron chi connectivity index (χ2n) is 9.60. The number of amides is 1. The number of nitrogens with two attached hydrogens (primary N) is 1. The summed E-state index contributed by atoms with van der Waals surface area (Å²) in [5.41, 5.74) is 12.2. The number of carbonyl (C=O) groups is 1. The number of likely N-dealkylation sites (N-methyl/N-ethyl adjacent to an activating group) is 1. The summed E-state index contributed by atoms with van der Waals surface area (Å²) in [6.45, 7) is 6.22. The minimum Gasteiger partial charge on any atom is -0.383 e. The van der Waals surface area contributed by atoms with E-state index < -0.39 is 5.95 Å². The summed E-state index contributed by atoms with van der Waals surface area (Å²) < 4.78 is 14.9. The Morgan fingerprint density at radius 2 is 1.91 bits per heavy atom. The van der Waals surface area contributed by atoms with E-state index >= 15 is 0 Å². The molecule has 1 aromatic heterocycles. The van der Waals surface area contributed by atoms with Gasteiger partial charge in [0.05, 0.1) is 0 Å². The lowest BCUT2D eigenvalue weighted by Crippen LogP contribution is -2.31. The van der Waals surface area contributed by atoms with Crippen LogP contribution >= 0.6 is 0 Å². The number of nitrogens with one attached hydrogen (secondary N) is 1. The molecule has 0 unspecified atom stereocenters. The van der Waals surface area contributed by atoms with Crippen LogP contribution in [0.3, 0.4) is 0 Å². The van der Waals surface area contributed by atoms with Crippen LogP contribution in [0, 0.1) is 11.9 Å². The number of aromatic nitrogens is 1. The summed E-state index contributed by atoms with van der Waals surface area (Å²) >= 11 is 0. The fourth-order valence-corrected chi connectivity index (χ4v) is 5.79. The Balaban J connectivity index is 1.34. The molecule has 168 valence electrons. The molecule has 3 heterocycles. The van der Waals surface area contributed by atoms with Gasteiger partial charge in [-0.1, -0.05) is 43.3 Å². The molecule has 3 aliphatic rings. The molecular weight excluding hydrogens is 415 g/mol. The molecule has 33 heavy (non-hydrogen) atoms. The smallest absolute Gasteiger partial charge is 0.251 e. The van der Waals surface area contributed by atoms with E-state index in [1.165, 1.54) is 18.5 Å². The molecule has 1 saturated carbocycles. The van der Waals surface area contributed by atoms with E-state index in [1.54, 1.807) is 6.07 Å². The third-order valence-electron chi connectivity index (χ3n) is 7.78. The normalized spacial score (nSPS) is 23.7. The first kappa shape index (κ1) is 20.4. The SMILES string of the molecule is CCN1C[C@H]2C[C@@]2(c2ccc(-c3cc(-c4ccc5c(c4)CCNC5=O)c(N)nc3F)cc2)C1. The molecule has 6 rings (SSSR count). The van der Waals surface area contributed by atoms with Gasteiger partial charge in [0.15, 0.2) is 0 Å². The second-order valence-corrected chi connectivity index (χ2v) is 9.60. The molecule has 3 N–H and O–H groups in total. The monoisotopic (exact) mass is 442 g/mol. The highest BCUT2D eigenvalue weighted by Crippen LogP contribution is 2.59. The molecule has 3 aromatic rings. The number of benzene rings is 2. The van der Waals surface area contributed by atoms with Gasteiger partial charge in [-0.2, -0.15) is 4.39 Å². The quantitative estimate of drug-likeness (QED) is 0.599. The van der Waals surface area contributed by atoms with Crippen molar-refractivity contribution in [3.05, 3.63) is 71.2 Å².